The van der Waals surface area contributed by atoms with Crippen LogP contribution in [0.1, 0.15) is 0 Å². The average molecular weight is 713 g/mol. The smallest absolute Gasteiger partial charge is 0.0547 e. The third-order valence-corrected chi connectivity index (χ3v) is 11.3. The summed E-state index contributed by atoms with van der Waals surface area (Å²) in [7, 11) is 0. The molecule has 0 aliphatic carbocycles. The van der Waals surface area contributed by atoms with Crippen LogP contribution in [0.25, 0.3) is 82.1 Å². The molecule has 0 amide bonds. The number of fused-ring (bicyclic) bond motifs is 7. The van der Waals surface area contributed by atoms with E-state index in [1.807, 2.05) is 0 Å². The van der Waals surface area contributed by atoms with E-state index in [-0.39, 0.29) is 0 Å². The number of rotatable bonds is 6. The molecule has 11 aromatic rings. The fourth-order valence-corrected chi connectivity index (χ4v) is 8.57. The van der Waals surface area contributed by atoms with Gasteiger partial charge in [0.05, 0.1) is 11.0 Å². The van der Waals surface area contributed by atoms with E-state index >= 15 is 0 Å². The first kappa shape index (κ1) is 32.0. The largest absolute Gasteiger partial charge is 0.310 e. The zero-order chi connectivity index (χ0) is 37.0. The second kappa shape index (κ2) is 13.2. The lowest BCUT2D eigenvalue weighted by Gasteiger charge is -2.26. The lowest BCUT2D eigenvalue weighted by atomic mass is 9.99. The minimum Gasteiger partial charge on any atom is -0.310 e. The van der Waals surface area contributed by atoms with Gasteiger partial charge in [-0.25, -0.2) is 0 Å². The molecule has 11 rings (SSSR count). The maximum atomic E-state index is 2.40. The normalized spacial score (nSPS) is 11.6. The first-order valence-electron chi connectivity index (χ1n) is 19.3. The van der Waals surface area contributed by atoms with Gasteiger partial charge in [0.15, 0.2) is 0 Å². The highest BCUT2D eigenvalue weighted by Gasteiger charge is 2.16. The van der Waals surface area contributed by atoms with Crippen molar-refractivity contribution in [3.63, 3.8) is 0 Å². The van der Waals surface area contributed by atoms with Gasteiger partial charge in [0.2, 0.25) is 0 Å². The SMILES string of the molecule is c1ccc(N(c2ccc(-c3ccc4ccccc4c3)cc2)c2ccc3cc(-c4ccc(-n5c6ccccc6c6c7ccccc7ccc65)cc4)ccc3c2)cc1. The molecule has 10 aromatic carbocycles. The molecule has 0 radical (unpaired) electrons. The summed E-state index contributed by atoms with van der Waals surface area (Å²) in [5.41, 5.74) is 11.8. The van der Waals surface area contributed by atoms with Gasteiger partial charge in [-0.15, -0.1) is 0 Å². The Kier molecular flexibility index (Phi) is 7.53. The van der Waals surface area contributed by atoms with Gasteiger partial charge in [0.1, 0.15) is 0 Å². The standard InChI is InChI=1S/C54H36N2/c1-2-13-46(14-3-1)55(47-28-22-38(23-29-47)42-19-18-37-10-4-5-12-41(37)34-42)49-32-26-44-35-43(20-21-45(44)36-49)39-24-30-48(31-25-39)56-52-17-9-8-16-51(52)54-50-15-7-6-11-40(50)27-33-53(54)56/h1-36H. The molecular weight excluding hydrogens is 677 g/mol. The molecular formula is C54H36N2. The van der Waals surface area contributed by atoms with E-state index in [2.05, 4.69) is 228 Å². The third kappa shape index (κ3) is 5.42. The zero-order valence-corrected chi connectivity index (χ0v) is 30.7. The Morgan fingerprint density at radius 2 is 0.786 bits per heavy atom. The van der Waals surface area contributed by atoms with E-state index in [1.54, 1.807) is 0 Å². The van der Waals surface area contributed by atoms with E-state index in [0.717, 1.165) is 22.7 Å². The summed E-state index contributed by atoms with van der Waals surface area (Å²) in [5, 5.41) is 10.1. The van der Waals surface area contributed by atoms with Crippen LogP contribution in [-0.4, -0.2) is 4.57 Å². The maximum absolute atomic E-state index is 2.40. The van der Waals surface area contributed by atoms with Crippen molar-refractivity contribution in [2.45, 2.75) is 0 Å². The van der Waals surface area contributed by atoms with Crippen molar-refractivity contribution in [1.82, 2.24) is 4.57 Å². The Morgan fingerprint density at radius 1 is 0.286 bits per heavy atom. The van der Waals surface area contributed by atoms with E-state index in [1.165, 1.54) is 76.4 Å². The molecule has 1 heterocycles. The van der Waals surface area contributed by atoms with Crippen LogP contribution in [0.3, 0.4) is 0 Å². The first-order valence-corrected chi connectivity index (χ1v) is 19.3. The summed E-state index contributed by atoms with van der Waals surface area (Å²) >= 11 is 0. The second-order valence-corrected chi connectivity index (χ2v) is 14.6. The van der Waals surface area contributed by atoms with E-state index < -0.39 is 0 Å². The minimum atomic E-state index is 1.12. The van der Waals surface area contributed by atoms with Gasteiger partial charge in [0.25, 0.3) is 0 Å². The van der Waals surface area contributed by atoms with Crippen LogP contribution in [-0.2, 0) is 0 Å². The lowest BCUT2D eigenvalue weighted by molar-refractivity contribution is 1.18. The Balaban J connectivity index is 0.924. The van der Waals surface area contributed by atoms with E-state index in [0.29, 0.717) is 0 Å². The van der Waals surface area contributed by atoms with E-state index in [9.17, 15) is 0 Å². The molecule has 0 spiro atoms. The van der Waals surface area contributed by atoms with Crippen LogP contribution in [0.4, 0.5) is 17.1 Å². The molecule has 0 aliphatic rings. The zero-order valence-electron chi connectivity index (χ0n) is 30.7. The lowest BCUT2D eigenvalue weighted by Crippen LogP contribution is -2.09. The van der Waals surface area contributed by atoms with Gasteiger partial charge >= 0.3 is 0 Å². The van der Waals surface area contributed by atoms with Crippen LogP contribution in [0.5, 0.6) is 0 Å². The molecule has 0 bridgehead atoms. The highest BCUT2D eigenvalue weighted by molar-refractivity contribution is 6.21. The summed E-state index contributed by atoms with van der Waals surface area (Å²) in [6.45, 7) is 0. The Labute approximate surface area is 325 Å². The maximum Gasteiger partial charge on any atom is 0.0547 e. The fraction of sp³-hybridized carbons (Fsp3) is 0. The number of anilines is 3. The van der Waals surface area contributed by atoms with Crippen molar-refractivity contribution in [3.05, 3.63) is 218 Å². The Hall–Kier alpha value is -7.42. The molecule has 2 nitrogen and oxygen atoms in total. The third-order valence-electron chi connectivity index (χ3n) is 11.3. The molecule has 2 heteroatoms. The van der Waals surface area contributed by atoms with Crippen LogP contribution >= 0.6 is 0 Å². The predicted molar refractivity (Wildman–Crippen MR) is 239 cm³/mol. The molecule has 0 unspecified atom stereocenters. The summed E-state index contributed by atoms with van der Waals surface area (Å²) < 4.78 is 2.40. The minimum absolute atomic E-state index is 1.12. The van der Waals surface area contributed by atoms with Gasteiger partial charge in [-0.1, -0.05) is 146 Å². The fourth-order valence-electron chi connectivity index (χ4n) is 8.57. The van der Waals surface area contributed by atoms with Crippen LogP contribution < -0.4 is 4.90 Å². The number of hydrogen-bond acceptors (Lipinski definition) is 1. The molecule has 0 atom stereocenters. The van der Waals surface area contributed by atoms with Gasteiger partial charge in [0, 0.05) is 33.5 Å². The summed E-state index contributed by atoms with van der Waals surface area (Å²) in [4.78, 5) is 2.34. The molecule has 0 saturated heterocycles. The first-order chi connectivity index (χ1) is 27.7. The van der Waals surface area contributed by atoms with Gasteiger partial charge in [-0.3, -0.25) is 0 Å². The highest BCUT2D eigenvalue weighted by atomic mass is 15.1. The molecule has 0 fully saturated rings. The van der Waals surface area contributed by atoms with Crippen molar-refractivity contribution in [3.8, 4) is 27.9 Å². The topological polar surface area (TPSA) is 8.17 Å². The number of para-hydroxylation sites is 2. The van der Waals surface area contributed by atoms with Gasteiger partial charge < -0.3 is 9.47 Å². The van der Waals surface area contributed by atoms with E-state index in [4.69, 9.17) is 0 Å². The van der Waals surface area contributed by atoms with Crippen LogP contribution in [0.15, 0.2) is 218 Å². The second-order valence-electron chi connectivity index (χ2n) is 14.6. The summed E-state index contributed by atoms with van der Waals surface area (Å²) in [6.07, 6.45) is 0. The molecule has 0 saturated carbocycles. The highest BCUT2D eigenvalue weighted by Crippen LogP contribution is 2.39. The number of benzene rings is 10. The number of nitrogens with zero attached hydrogens (tertiary/aromatic N) is 2. The Morgan fingerprint density at radius 3 is 1.55 bits per heavy atom. The molecule has 0 aliphatic heterocycles. The summed E-state index contributed by atoms with van der Waals surface area (Å²) in [6, 6.07) is 79.4. The Bertz CT molecular complexity index is 3230. The van der Waals surface area contributed by atoms with Crippen molar-refractivity contribution in [2.24, 2.45) is 0 Å². The average Bonchev–Trinajstić information content (AvgIpc) is 3.62. The van der Waals surface area contributed by atoms with Gasteiger partial charge in [-0.05, 0) is 127 Å². The van der Waals surface area contributed by atoms with Crippen LogP contribution in [0.2, 0.25) is 0 Å². The van der Waals surface area contributed by atoms with Crippen molar-refractivity contribution in [1.29, 1.82) is 0 Å². The molecule has 56 heavy (non-hydrogen) atoms. The predicted octanol–water partition coefficient (Wildman–Crippen LogP) is 15.0. The van der Waals surface area contributed by atoms with Crippen LogP contribution in [0, 0.1) is 0 Å². The molecule has 262 valence electrons. The van der Waals surface area contributed by atoms with Crippen molar-refractivity contribution >= 4 is 71.2 Å². The molecule has 0 N–H and O–H groups in total. The van der Waals surface area contributed by atoms with Crippen molar-refractivity contribution < 1.29 is 0 Å². The number of aromatic nitrogens is 1. The van der Waals surface area contributed by atoms with Crippen molar-refractivity contribution in [2.75, 3.05) is 4.90 Å². The quantitative estimate of drug-likeness (QED) is 0.167. The number of hydrogen-bond donors (Lipinski definition) is 0. The molecule has 1 aromatic heterocycles. The summed E-state index contributed by atoms with van der Waals surface area (Å²) in [5.74, 6) is 0. The van der Waals surface area contributed by atoms with Gasteiger partial charge in [-0.2, -0.15) is 0 Å². The monoisotopic (exact) mass is 712 g/mol.